The number of amides is 1. The van der Waals surface area contributed by atoms with Gasteiger partial charge in [0.15, 0.2) is 0 Å². The zero-order valence-corrected chi connectivity index (χ0v) is 15.6. The molecule has 138 valence electrons. The van der Waals surface area contributed by atoms with Crippen molar-refractivity contribution in [3.05, 3.63) is 42.6 Å². The van der Waals surface area contributed by atoms with Gasteiger partial charge >= 0.3 is 0 Å². The first-order chi connectivity index (χ1) is 11.3. The van der Waals surface area contributed by atoms with Crippen molar-refractivity contribution in [1.82, 2.24) is 30.1 Å². The number of rotatable bonds is 6. The lowest BCUT2D eigenvalue weighted by Gasteiger charge is -2.27. The Morgan fingerprint density at radius 3 is 2.68 bits per heavy atom. The summed E-state index contributed by atoms with van der Waals surface area (Å²) in [6.07, 6.45) is 7.75. The van der Waals surface area contributed by atoms with E-state index in [0.29, 0.717) is 12.1 Å². The van der Waals surface area contributed by atoms with Crippen LogP contribution in [0, 0.1) is 0 Å². The van der Waals surface area contributed by atoms with Crippen molar-refractivity contribution in [3.8, 4) is 5.82 Å². The molecule has 0 aliphatic carbocycles. The largest absolute Gasteiger partial charge is 0.352 e. The average molecular weight is 387 g/mol. The molecule has 1 amide bonds. The monoisotopic (exact) mass is 386 g/mol. The summed E-state index contributed by atoms with van der Waals surface area (Å²) in [7, 11) is 0. The van der Waals surface area contributed by atoms with E-state index in [0.717, 1.165) is 45.0 Å². The van der Waals surface area contributed by atoms with Crippen LogP contribution in [0.1, 0.15) is 16.8 Å². The maximum Gasteiger partial charge on any atom is 0.252 e. The van der Waals surface area contributed by atoms with Gasteiger partial charge in [0.05, 0.1) is 5.56 Å². The van der Waals surface area contributed by atoms with Crippen LogP contribution in [-0.4, -0.2) is 64.6 Å². The number of hydrogen-bond donors (Lipinski definition) is 2. The minimum atomic E-state index is -0.0741. The molecule has 0 bridgehead atoms. The molecule has 1 aliphatic heterocycles. The van der Waals surface area contributed by atoms with Gasteiger partial charge in [-0.2, -0.15) is 0 Å². The molecule has 0 aromatic carbocycles. The van der Waals surface area contributed by atoms with Gasteiger partial charge in [0.2, 0.25) is 0 Å². The van der Waals surface area contributed by atoms with Gasteiger partial charge in [0, 0.05) is 51.3 Å². The number of pyridine rings is 1. The zero-order valence-electron chi connectivity index (χ0n) is 13.9. The Labute approximate surface area is 160 Å². The van der Waals surface area contributed by atoms with Crippen molar-refractivity contribution in [2.45, 2.75) is 6.42 Å². The maximum atomic E-state index is 12.1. The van der Waals surface area contributed by atoms with E-state index in [1.807, 2.05) is 12.3 Å². The fourth-order valence-corrected chi connectivity index (χ4v) is 2.61. The summed E-state index contributed by atoms with van der Waals surface area (Å²) in [6, 6.07) is 3.60. The fraction of sp³-hybridized carbons (Fsp3) is 0.438. The SMILES string of the molecule is Cl.Cl.O=C(NCCCN1CCNCC1)c1ccc(-n2ccnc2)nc1. The van der Waals surface area contributed by atoms with E-state index in [4.69, 9.17) is 0 Å². The van der Waals surface area contributed by atoms with Crippen LogP contribution in [0.5, 0.6) is 0 Å². The quantitative estimate of drug-likeness (QED) is 0.728. The van der Waals surface area contributed by atoms with Gasteiger partial charge in [0.1, 0.15) is 12.1 Å². The molecule has 1 aliphatic rings. The summed E-state index contributed by atoms with van der Waals surface area (Å²) in [4.78, 5) is 22.8. The molecule has 0 spiro atoms. The van der Waals surface area contributed by atoms with Gasteiger partial charge < -0.3 is 15.5 Å². The number of hydrogen-bond acceptors (Lipinski definition) is 5. The van der Waals surface area contributed by atoms with Crippen LogP contribution < -0.4 is 10.6 Å². The molecule has 1 saturated heterocycles. The third kappa shape index (κ3) is 6.28. The average Bonchev–Trinajstić information content (AvgIpc) is 3.14. The number of aromatic nitrogens is 3. The molecule has 0 saturated carbocycles. The first-order valence-corrected chi connectivity index (χ1v) is 7.98. The lowest BCUT2D eigenvalue weighted by atomic mass is 10.2. The van der Waals surface area contributed by atoms with Crippen LogP contribution in [0.25, 0.3) is 5.82 Å². The van der Waals surface area contributed by atoms with Gasteiger partial charge in [0.25, 0.3) is 5.91 Å². The standard InChI is InChI=1S/C16H22N6O.2ClH/c23-16(19-4-1-8-21-9-5-17-6-10-21)14-2-3-15(20-12-14)22-11-7-18-13-22;;/h2-3,7,11-13,17H,1,4-6,8-10H2,(H,19,23);2*1H. The van der Waals surface area contributed by atoms with E-state index < -0.39 is 0 Å². The third-order valence-corrected chi connectivity index (χ3v) is 3.93. The van der Waals surface area contributed by atoms with E-state index in [1.54, 1.807) is 29.4 Å². The molecule has 25 heavy (non-hydrogen) atoms. The highest BCUT2D eigenvalue weighted by Crippen LogP contribution is 2.05. The third-order valence-electron chi connectivity index (χ3n) is 3.93. The highest BCUT2D eigenvalue weighted by Gasteiger charge is 2.09. The van der Waals surface area contributed by atoms with Crippen LogP contribution in [-0.2, 0) is 0 Å². The molecule has 0 atom stereocenters. The van der Waals surface area contributed by atoms with Gasteiger partial charge in [-0.25, -0.2) is 9.97 Å². The van der Waals surface area contributed by atoms with E-state index in [-0.39, 0.29) is 30.7 Å². The zero-order chi connectivity index (χ0) is 15.9. The number of halogens is 2. The number of carbonyl (C=O) groups excluding carboxylic acids is 1. The second kappa shape index (κ2) is 11.0. The van der Waals surface area contributed by atoms with Crippen molar-refractivity contribution in [1.29, 1.82) is 0 Å². The minimum Gasteiger partial charge on any atom is -0.352 e. The molecule has 9 heteroatoms. The molecule has 2 N–H and O–H groups in total. The molecule has 0 radical (unpaired) electrons. The molecular formula is C16H24Cl2N6O. The van der Waals surface area contributed by atoms with Gasteiger partial charge in [-0.3, -0.25) is 9.36 Å². The Hall–Kier alpha value is -1.67. The topological polar surface area (TPSA) is 75.1 Å². The lowest BCUT2D eigenvalue weighted by molar-refractivity contribution is 0.0951. The normalized spacial score (nSPS) is 14.2. The van der Waals surface area contributed by atoms with Crippen LogP contribution >= 0.6 is 24.8 Å². The molecule has 1 fully saturated rings. The number of imidazole rings is 1. The van der Waals surface area contributed by atoms with Crippen LogP contribution in [0.2, 0.25) is 0 Å². The summed E-state index contributed by atoms with van der Waals surface area (Å²) in [6.45, 7) is 6.01. The smallest absolute Gasteiger partial charge is 0.252 e. The predicted molar refractivity (Wildman–Crippen MR) is 102 cm³/mol. The van der Waals surface area contributed by atoms with Gasteiger partial charge in [-0.1, -0.05) is 0 Å². The van der Waals surface area contributed by atoms with Crippen LogP contribution in [0.15, 0.2) is 37.1 Å². The number of carbonyl (C=O) groups is 1. The molecular weight excluding hydrogens is 363 g/mol. The first kappa shape index (κ1) is 21.4. The number of nitrogens with one attached hydrogen (secondary N) is 2. The lowest BCUT2D eigenvalue weighted by Crippen LogP contribution is -2.44. The van der Waals surface area contributed by atoms with Crippen molar-refractivity contribution in [3.63, 3.8) is 0 Å². The summed E-state index contributed by atoms with van der Waals surface area (Å²) in [5.74, 6) is 0.674. The van der Waals surface area contributed by atoms with E-state index in [9.17, 15) is 4.79 Å². The Bertz CT molecular complexity index is 614. The van der Waals surface area contributed by atoms with Crippen molar-refractivity contribution in [2.75, 3.05) is 39.3 Å². The Kier molecular flexibility index (Phi) is 9.44. The Balaban J connectivity index is 0.00000156. The Morgan fingerprint density at radius 2 is 2.04 bits per heavy atom. The van der Waals surface area contributed by atoms with Crippen molar-refractivity contribution >= 4 is 30.7 Å². The van der Waals surface area contributed by atoms with Crippen LogP contribution in [0.4, 0.5) is 0 Å². The van der Waals surface area contributed by atoms with E-state index >= 15 is 0 Å². The van der Waals surface area contributed by atoms with Crippen LogP contribution in [0.3, 0.4) is 0 Å². The molecule has 3 rings (SSSR count). The Morgan fingerprint density at radius 1 is 1.24 bits per heavy atom. The molecule has 2 aromatic heterocycles. The van der Waals surface area contributed by atoms with Gasteiger partial charge in [-0.15, -0.1) is 24.8 Å². The summed E-state index contributed by atoms with van der Waals surface area (Å²) < 4.78 is 1.80. The second-order valence-corrected chi connectivity index (χ2v) is 5.58. The highest BCUT2D eigenvalue weighted by atomic mass is 35.5. The van der Waals surface area contributed by atoms with E-state index in [1.165, 1.54) is 0 Å². The van der Waals surface area contributed by atoms with Crippen molar-refractivity contribution < 1.29 is 4.79 Å². The summed E-state index contributed by atoms with van der Waals surface area (Å²) >= 11 is 0. The van der Waals surface area contributed by atoms with E-state index in [2.05, 4.69) is 25.5 Å². The second-order valence-electron chi connectivity index (χ2n) is 5.58. The maximum absolute atomic E-state index is 12.1. The first-order valence-electron chi connectivity index (χ1n) is 7.98. The molecule has 3 heterocycles. The fourth-order valence-electron chi connectivity index (χ4n) is 2.61. The summed E-state index contributed by atoms with van der Waals surface area (Å²) in [5.41, 5.74) is 0.580. The molecule has 0 unspecified atom stereocenters. The molecule has 2 aromatic rings. The highest BCUT2D eigenvalue weighted by molar-refractivity contribution is 5.93. The molecule has 7 nitrogen and oxygen atoms in total. The summed E-state index contributed by atoms with van der Waals surface area (Å²) in [5, 5.41) is 6.29. The number of piperazine rings is 1. The minimum absolute atomic E-state index is 0. The number of nitrogens with zero attached hydrogens (tertiary/aromatic N) is 4. The van der Waals surface area contributed by atoms with Gasteiger partial charge in [-0.05, 0) is 25.1 Å². The predicted octanol–water partition coefficient (Wildman–Crippen LogP) is 1.14. The van der Waals surface area contributed by atoms with Crippen molar-refractivity contribution in [2.24, 2.45) is 0 Å².